The van der Waals surface area contributed by atoms with Crippen molar-refractivity contribution in [2.75, 3.05) is 20.1 Å². The summed E-state index contributed by atoms with van der Waals surface area (Å²) < 4.78 is 0. The largest absolute Gasteiger partial charge is 0.331 e. The van der Waals surface area contributed by atoms with E-state index in [1.807, 2.05) is 14.0 Å². The summed E-state index contributed by atoms with van der Waals surface area (Å²) in [6.07, 6.45) is 4.58. The van der Waals surface area contributed by atoms with Crippen LogP contribution in [0.15, 0.2) is 0 Å². The first kappa shape index (κ1) is 13.3. The summed E-state index contributed by atoms with van der Waals surface area (Å²) in [5, 5.41) is 3.14. The fourth-order valence-electron chi connectivity index (χ4n) is 2.41. The molecule has 0 aromatic heterocycles. The molecule has 0 radical (unpaired) electrons. The van der Waals surface area contributed by atoms with Gasteiger partial charge in [0.15, 0.2) is 0 Å². The number of nitrogens with two attached hydrogens (primary N) is 1. The molecule has 1 aliphatic carbocycles. The van der Waals surface area contributed by atoms with E-state index in [-0.39, 0.29) is 11.6 Å². The maximum absolute atomic E-state index is 11.9. The summed E-state index contributed by atoms with van der Waals surface area (Å²) in [4.78, 5) is 13.6. The molecule has 0 aromatic rings. The van der Waals surface area contributed by atoms with E-state index in [2.05, 4.69) is 12.2 Å². The molecule has 3 N–H and O–H groups in total. The molecule has 4 heteroatoms. The third-order valence-electron chi connectivity index (χ3n) is 3.99. The maximum atomic E-state index is 11.9. The van der Waals surface area contributed by atoms with Gasteiger partial charge in [-0.2, -0.15) is 0 Å². The minimum atomic E-state index is -0.182. The molecule has 0 aromatic carbocycles. The number of hydrogen-bond acceptors (Lipinski definition) is 2. The van der Waals surface area contributed by atoms with Gasteiger partial charge in [-0.1, -0.05) is 19.8 Å². The number of rotatable bonds is 3. The zero-order valence-electron chi connectivity index (χ0n) is 10.8. The molecule has 1 saturated carbocycles. The third-order valence-corrected chi connectivity index (χ3v) is 3.99. The first-order valence-electron chi connectivity index (χ1n) is 6.29. The molecule has 0 heterocycles. The van der Waals surface area contributed by atoms with Crippen molar-refractivity contribution in [2.45, 2.75) is 45.1 Å². The van der Waals surface area contributed by atoms with Crippen molar-refractivity contribution in [3.05, 3.63) is 0 Å². The predicted octanol–water partition coefficient (Wildman–Crippen LogP) is 1.56. The van der Waals surface area contributed by atoms with E-state index in [0.29, 0.717) is 12.5 Å². The van der Waals surface area contributed by atoms with E-state index < -0.39 is 0 Å². The molecular weight excluding hydrogens is 202 g/mol. The van der Waals surface area contributed by atoms with Gasteiger partial charge in [0, 0.05) is 20.1 Å². The van der Waals surface area contributed by atoms with Gasteiger partial charge < -0.3 is 16.0 Å². The number of urea groups is 1. The minimum Gasteiger partial charge on any atom is -0.331 e. The molecular formula is C12H25N3O. The van der Waals surface area contributed by atoms with Crippen LogP contribution >= 0.6 is 0 Å². The highest BCUT2D eigenvalue weighted by Gasteiger charge is 2.38. The van der Waals surface area contributed by atoms with Crippen LogP contribution in [-0.2, 0) is 0 Å². The van der Waals surface area contributed by atoms with Crippen molar-refractivity contribution in [1.82, 2.24) is 10.2 Å². The van der Waals surface area contributed by atoms with E-state index in [1.165, 1.54) is 6.42 Å². The van der Waals surface area contributed by atoms with Crippen LogP contribution in [0, 0.1) is 5.92 Å². The summed E-state index contributed by atoms with van der Waals surface area (Å²) >= 11 is 0. The van der Waals surface area contributed by atoms with Crippen molar-refractivity contribution in [1.29, 1.82) is 0 Å². The quantitative estimate of drug-likeness (QED) is 0.768. The molecule has 1 aliphatic rings. The van der Waals surface area contributed by atoms with E-state index in [4.69, 9.17) is 5.73 Å². The molecule has 94 valence electrons. The predicted molar refractivity (Wildman–Crippen MR) is 66.3 cm³/mol. The highest BCUT2D eigenvalue weighted by atomic mass is 16.2. The van der Waals surface area contributed by atoms with Gasteiger partial charge in [-0.3, -0.25) is 0 Å². The highest BCUT2D eigenvalue weighted by molar-refractivity contribution is 5.74. The van der Waals surface area contributed by atoms with Crippen molar-refractivity contribution in [3.63, 3.8) is 0 Å². The molecule has 1 fully saturated rings. The fourth-order valence-corrected chi connectivity index (χ4v) is 2.41. The SMILES string of the molecule is CCN(C)C(=O)NC1(CN)CCCCC1C. The molecule has 2 unspecified atom stereocenters. The van der Waals surface area contributed by atoms with Gasteiger partial charge in [0.05, 0.1) is 5.54 Å². The minimum absolute atomic E-state index is 0.00157. The van der Waals surface area contributed by atoms with Crippen molar-refractivity contribution in [3.8, 4) is 0 Å². The Labute approximate surface area is 98.6 Å². The molecule has 0 bridgehead atoms. The smallest absolute Gasteiger partial charge is 0.317 e. The zero-order chi connectivity index (χ0) is 12.2. The number of carbonyl (C=O) groups is 1. The first-order valence-corrected chi connectivity index (χ1v) is 6.29. The average Bonchev–Trinajstić information content (AvgIpc) is 2.31. The number of carbonyl (C=O) groups excluding carboxylic acids is 1. The van der Waals surface area contributed by atoms with Crippen molar-refractivity contribution >= 4 is 6.03 Å². The van der Waals surface area contributed by atoms with E-state index in [0.717, 1.165) is 25.8 Å². The van der Waals surface area contributed by atoms with Crippen LogP contribution in [0.1, 0.15) is 39.5 Å². The van der Waals surface area contributed by atoms with E-state index in [1.54, 1.807) is 4.90 Å². The number of nitrogens with zero attached hydrogens (tertiary/aromatic N) is 1. The summed E-state index contributed by atoms with van der Waals surface area (Å²) in [6.45, 7) is 5.43. The van der Waals surface area contributed by atoms with Crippen LogP contribution in [-0.4, -0.2) is 36.6 Å². The van der Waals surface area contributed by atoms with Gasteiger partial charge in [0.1, 0.15) is 0 Å². The van der Waals surface area contributed by atoms with Crippen LogP contribution in [0.2, 0.25) is 0 Å². The lowest BCUT2D eigenvalue weighted by Gasteiger charge is -2.43. The van der Waals surface area contributed by atoms with Gasteiger partial charge in [-0.15, -0.1) is 0 Å². The lowest BCUT2D eigenvalue weighted by Crippen LogP contribution is -2.61. The van der Waals surface area contributed by atoms with E-state index in [9.17, 15) is 4.79 Å². The second-order valence-electron chi connectivity index (χ2n) is 4.95. The molecule has 2 amide bonds. The van der Waals surface area contributed by atoms with Crippen molar-refractivity contribution < 1.29 is 4.79 Å². The number of hydrogen-bond donors (Lipinski definition) is 2. The second kappa shape index (κ2) is 5.53. The number of nitrogens with one attached hydrogen (secondary N) is 1. The van der Waals surface area contributed by atoms with Crippen LogP contribution < -0.4 is 11.1 Å². The van der Waals surface area contributed by atoms with E-state index >= 15 is 0 Å². The van der Waals surface area contributed by atoms with Gasteiger partial charge in [-0.05, 0) is 25.7 Å². The Morgan fingerprint density at radius 2 is 2.25 bits per heavy atom. The normalized spacial score (nSPS) is 29.9. The molecule has 0 spiro atoms. The molecule has 2 atom stereocenters. The topological polar surface area (TPSA) is 58.4 Å². The summed E-state index contributed by atoms with van der Waals surface area (Å²) in [7, 11) is 1.81. The molecule has 0 saturated heterocycles. The fraction of sp³-hybridized carbons (Fsp3) is 0.917. The third kappa shape index (κ3) is 2.67. The summed E-state index contributed by atoms with van der Waals surface area (Å²) in [5.41, 5.74) is 5.70. The Morgan fingerprint density at radius 1 is 1.56 bits per heavy atom. The molecule has 4 nitrogen and oxygen atoms in total. The Hall–Kier alpha value is -0.770. The van der Waals surface area contributed by atoms with Crippen LogP contribution in [0.5, 0.6) is 0 Å². The van der Waals surface area contributed by atoms with Crippen molar-refractivity contribution in [2.24, 2.45) is 11.7 Å². The Morgan fingerprint density at radius 3 is 2.75 bits per heavy atom. The van der Waals surface area contributed by atoms with Crippen LogP contribution in [0.25, 0.3) is 0 Å². The van der Waals surface area contributed by atoms with Gasteiger partial charge in [-0.25, -0.2) is 4.79 Å². The molecule has 16 heavy (non-hydrogen) atoms. The van der Waals surface area contributed by atoms with Crippen LogP contribution in [0.3, 0.4) is 0 Å². The van der Waals surface area contributed by atoms with Gasteiger partial charge >= 0.3 is 6.03 Å². The zero-order valence-corrected chi connectivity index (χ0v) is 10.8. The summed E-state index contributed by atoms with van der Waals surface area (Å²) in [6, 6.07) is 0.00157. The number of amides is 2. The van der Waals surface area contributed by atoms with Gasteiger partial charge in [0.2, 0.25) is 0 Å². The maximum Gasteiger partial charge on any atom is 0.317 e. The first-order chi connectivity index (χ1) is 7.55. The van der Waals surface area contributed by atoms with Crippen LogP contribution in [0.4, 0.5) is 4.79 Å². The van der Waals surface area contributed by atoms with Gasteiger partial charge in [0.25, 0.3) is 0 Å². The standard InChI is InChI=1S/C12H25N3O/c1-4-15(3)11(16)14-12(9-13)8-6-5-7-10(12)2/h10H,4-9,13H2,1-3H3,(H,14,16). The summed E-state index contributed by atoms with van der Waals surface area (Å²) in [5.74, 6) is 0.473. The second-order valence-corrected chi connectivity index (χ2v) is 4.95. The highest BCUT2D eigenvalue weighted by Crippen LogP contribution is 2.32. The Bertz CT molecular complexity index is 244. The molecule has 0 aliphatic heterocycles. The Kier molecular flexibility index (Phi) is 4.59. The monoisotopic (exact) mass is 227 g/mol. The Balaban J connectivity index is 2.68. The average molecular weight is 227 g/mol. The lowest BCUT2D eigenvalue weighted by atomic mass is 9.73. The lowest BCUT2D eigenvalue weighted by molar-refractivity contribution is 0.146. The molecule has 1 rings (SSSR count).